The van der Waals surface area contributed by atoms with Crippen molar-refractivity contribution in [3.63, 3.8) is 0 Å². The molecular weight excluding hydrogens is 426 g/mol. The maximum Gasteiger partial charge on any atom is 0.335 e. The van der Waals surface area contributed by atoms with Gasteiger partial charge in [-0.15, -0.1) is 0 Å². The molecule has 0 bridgehead atoms. The highest BCUT2D eigenvalue weighted by atomic mass is 35.5. The number of rotatable bonds is 3. The minimum Gasteiger partial charge on any atom is -0.478 e. The largest absolute Gasteiger partial charge is 0.478 e. The molecule has 0 saturated carbocycles. The maximum absolute atomic E-state index is 15.2. The Morgan fingerprint density at radius 1 is 1.06 bits per heavy atom. The van der Waals surface area contributed by atoms with Gasteiger partial charge in [0.1, 0.15) is 11.6 Å². The molecule has 0 radical (unpaired) electrons. The van der Waals surface area contributed by atoms with E-state index in [0.717, 1.165) is 12.1 Å². The van der Waals surface area contributed by atoms with Crippen LogP contribution in [0.15, 0.2) is 59.4 Å². The molecule has 0 aliphatic heterocycles. The van der Waals surface area contributed by atoms with Crippen LogP contribution in [0.25, 0.3) is 33.3 Å². The van der Waals surface area contributed by atoms with E-state index in [1.54, 1.807) is 0 Å². The lowest BCUT2D eigenvalue weighted by molar-refractivity contribution is 0.0697. The highest BCUT2D eigenvalue weighted by molar-refractivity contribution is 6.33. The first-order valence-corrected chi connectivity index (χ1v) is 9.26. The Kier molecular flexibility index (Phi) is 5.01. The lowest BCUT2D eigenvalue weighted by Gasteiger charge is -2.11. The number of nitriles is 1. The Balaban J connectivity index is 1.93. The summed E-state index contributed by atoms with van der Waals surface area (Å²) in [6, 6.07) is 13.5. The number of aromatic carboxylic acids is 1. The molecule has 1 heterocycles. The van der Waals surface area contributed by atoms with Crippen molar-refractivity contribution in [3.8, 4) is 28.5 Å². The van der Waals surface area contributed by atoms with Crippen molar-refractivity contribution >= 4 is 28.5 Å². The Morgan fingerprint density at radius 3 is 2.42 bits per heavy atom. The smallest absolute Gasteiger partial charge is 0.335 e. The average molecular weight is 437 g/mol. The lowest BCUT2D eigenvalue weighted by Crippen LogP contribution is -2.08. The van der Waals surface area contributed by atoms with Crippen molar-refractivity contribution in [2.75, 3.05) is 0 Å². The third-order valence-electron chi connectivity index (χ3n) is 4.82. The van der Waals surface area contributed by atoms with Gasteiger partial charge in [0, 0.05) is 16.7 Å². The number of hydrogen-bond acceptors (Lipinski definition) is 3. The molecule has 3 aromatic carbocycles. The normalized spacial score (nSPS) is 10.8. The highest BCUT2D eigenvalue weighted by Gasteiger charge is 2.20. The van der Waals surface area contributed by atoms with Gasteiger partial charge in [0.25, 0.3) is 0 Å². The summed E-state index contributed by atoms with van der Waals surface area (Å²) in [5.74, 6) is -3.17. The Bertz CT molecular complexity index is 1470. The quantitative estimate of drug-likeness (QED) is 0.452. The van der Waals surface area contributed by atoms with Crippen LogP contribution in [0.4, 0.5) is 8.78 Å². The summed E-state index contributed by atoms with van der Waals surface area (Å²) in [6.45, 7) is 0. The molecular formula is C23H11ClF2N2O3. The zero-order chi connectivity index (χ0) is 22.3. The van der Waals surface area contributed by atoms with Crippen LogP contribution in [0.1, 0.15) is 15.9 Å². The number of aromatic amines is 1. The molecule has 0 unspecified atom stereocenters. The van der Waals surface area contributed by atoms with E-state index in [1.165, 1.54) is 42.5 Å². The first-order chi connectivity index (χ1) is 14.8. The second kappa shape index (κ2) is 7.67. The summed E-state index contributed by atoms with van der Waals surface area (Å²) in [5.41, 5.74) is -0.319. The fourth-order valence-corrected chi connectivity index (χ4v) is 3.55. The fraction of sp³-hybridized carbons (Fsp3) is 0. The van der Waals surface area contributed by atoms with Crippen LogP contribution in [0.2, 0.25) is 5.02 Å². The van der Waals surface area contributed by atoms with Gasteiger partial charge >= 0.3 is 5.97 Å². The Labute approximate surface area is 178 Å². The van der Waals surface area contributed by atoms with E-state index in [1.807, 2.05) is 6.07 Å². The van der Waals surface area contributed by atoms with Crippen LogP contribution in [-0.4, -0.2) is 16.1 Å². The van der Waals surface area contributed by atoms with Gasteiger partial charge in [-0.2, -0.15) is 5.26 Å². The number of fused-ring (bicyclic) bond motifs is 1. The number of carbonyl (C=O) groups is 1. The van der Waals surface area contributed by atoms with Gasteiger partial charge in [-0.1, -0.05) is 23.7 Å². The lowest BCUT2D eigenvalue weighted by atomic mass is 9.99. The molecule has 0 atom stereocenters. The van der Waals surface area contributed by atoms with E-state index in [9.17, 15) is 14.0 Å². The van der Waals surface area contributed by atoms with Crippen molar-refractivity contribution in [3.05, 3.63) is 92.6 Å². The molecule has 152 valence electrons. The zero-order valence-electron chi connectivity index (χ0n) is 15.5. The molecule has 5 nitrogen and oxygen atoms in total. The predicted molar refractivity (Wildman–Crippen MR) is 112 cm³/mol. The summed E-state index contributed by atoms with van der Waals surface area (Å²) >= 11 is 6.17. The Hall–Kier alpha value is -4.02. The summed E-state index contributed by atoms with van der Waals surface area (Å²) < 4.78 is 30.1. The molecule has 31 heavy (non-hydrogen) atoms. The number of nitrogens with zero attached hydrogens (tertiary/aromatic N) is 1. The van der Waals surface area contributed by atoms with Crippen molar-refractivity contribution in [1.82, 2.24) is 4.98 Å². The van der Waals surface area contributed by atoms with Crippen molar-refractivity contribution in [2.45, 2.75) is 0 Å². The second-order valence-corrected chi connectivity index (χ2v) is 7.11. The van der Waals surface area contributed by atoms with Crippen LogP contribution in [0.5, 0.6) is 0 Å². The van der Waals surface area contributed by atoms with Crippen molar-refractivity contribution in [1.29, 1.82) is 5.26 Å². The van der Waals surface area contributed by atoms with Crippen LogP contribution in [0.3, 0.4) is 0 Å². The summed E-state index contributed by atoms with van der Waals surface area (Å²) in [6.07, 6.45) is 0. The van der Waals surface area contributed by atoms with E-state index in [2.05, 4.69) is 4.98 Å². The number of nitrogens with one attached hydrogen (secondary N) is 1. The van der Waals surface area contributed by atoms with E-state index >= 15 is 4.39 Å². The first kappa shape index (κ1) is 20.3. The van der Waals surface area contributed by atoms with Crippen molar-refractivity contribution < 1.29 is 18.7 Å². The molecule has 0 fully saturated rings. The minimum absolute atomic E-state index is 0.0377. The van der Waals surface area contributed by atoms with Gasteiger partial charge in [0.2, 0.25) is 0 Å². The number of halogens is 3. The first-order valence-electron chi connectivity index (χ1n) is 8.89. The summed E-state index contributed by atoms with van der Waals surface area (Å²) in [5, 5.41) is 18.0. The van der Waals surface area contributed by atoms with Crippen molar-refractivity contribution in [2.24, 2.45) is 0 Å². The molecule has 0 amide bonds. The standard InChI is InChI=1S/C23H11ClF2N2O3/c24-15-6-1-11(10-27)7-14(15)17-9-19(29)21-18(28-17)8-16(25)20(22(21)26)12-2-4-13(5-3-12)23(30)31/h1-9H,(H,28,29)(H,30,31). The number of H-pyrrole nitrogens is 1. The molecule has 4 aromatic rings. The molecule has 8 heteroatoms. The topological polar surface area (TPSA) is 93.9 Å². The number of pyridine rings is 1. The second-order valence-electron chi connectivity index (χ2n) is 6.71. The predicted octanol–water partition coefficient (Wildman–Crippen LogP) is 5.36. The van der Waals surface area contributed by atoms with E-state index in [4.69, 9.17) is 22.0 Å². The van der Waals surface area contributed by atoms with Crippen LogP contribution < -0.4 is 5.43 Å². The van der Waals surface area contributed by atoms with Gasteiger partial charge < -0.3 is 10.1 Å². The number of carboxylic acids is 1. The molecule has 0 spiro atoms. The molecule has 0 saturated heterocycles. The van der Waals surface area contributed by atoms with Gasteiger partial charge in [-0.3, -0.25) is 4.79 Å². The number of hydrogen-bond donors (Lipinski definition) is 2. The number of aromatic nitrogens is 1. The maximum atomic E-state index is 15.2. The highest BCUT2D eigenvalue weighted by Crippen LogP contribution is 2.32. The van der Waals surface area contributed by atoms with Gasteiger partial charge in [0.15, 0.2) is 5.43 Å². The van der Waals surface area contributed by atoms with Gasteiger partial charge in [0.05, 0.1) is 39.4 Å². The zero-order valence-corrected chi connectivity index (χ0v) is 16.3. The third-order valence-corrected chi connectivity index (χ3v) is 5.15. The number of carboxylic acid groups (broad SMARTS) is 1. The monoisotopic (exact) mass is 436 g/mol. The minimum atomic E-state index is -1.17. The van der Waals surface area contributed by atoms with E-state index in [0.29, 0.717) is 11.1 Å². The number of benzene rings is 3. The SMILES string of the molecule is N#Cc1ccc(Cl)c(-c2cc(=O)c3c(F)c(-c4ccc(C(=O)O)cc4)c(F)cc3[nH]2)c1. The molecule has 0 aliphatic rings. The van der Waals surface area contributed by atoms with Crippen LogP contribution >= 0.6 is 11.6 Å². The Morgan fingerprint density at radius 2 is 1.77 bits per heavy atom. The molecule has 4 rings (SSSR count). The van der Waals surface area contributed by atoms with Gasteiger partial charge in [-0.25, -0.2) is 13.6 Å². The summed E-state index contributed by atoms with van der Waals surface area (Å²) in [7, 11) is 0. The third kappa shape index (κ3) is 3.54. The van der Waals surface area contributed by atoms with Gasteiger partial charge in [-0.05, 0) is 42.0 Å². The average Bonchev–Trinajstić information content (AvgIpc) is 2.73. The molecule has 0 aliphatic carbocycles. The van der Waals surface area contributed by atoms with E-state index in [-0.39, 0.29) is 32.7 Å². The fourth-order valence-electron chi connectivity index (χ4n) is 3.33. The molecule has 1 aromatic heterocycles. The van der Waals surface area contributed by atoms with Crippen LogP contribution in [0, 0.1) is 23.0 Å². The van der Waals surface area contributed by atoms with Crippen LogP contribution in [-0.2, 0) is 0 Å². The van der Waals surface area contributed by atoms with E-state index < -0.39 is 28.6 Å². The summed E-state index contributed by atoms with van der Waals surface area (Å²) in [4.78, 5) is 26.5. The molecule has 2 N–H and O–H groups in total.